The summed E-state index contributed by atoms with van der Waals surface area (Å²) in [6, 6.07) is 0. The molecule has 39 heavy (non-hydrogen) atoms. The molecule has 0 saturated carbocycles. The topological polar surface area (TPSA) is 82.1 Å². The Balaban J connectivity index is 5.58. The number of hydrogen-bond acceptors (Lipinski definition) is 5. The standard InChI is InChI=1S/C16H18F16O6S/c1-8(17)6-9(4-2-3-5-39(33,34)35)36-7-10(18,19)37-15(29,30)16(31,32)38-14(27,28)12(22,23)11(20,21)13(24,25)26/h8-9H,2-7H2,1H3,(H,33,34,35). The largest absolute Gasteiger partial charge is 0.460 e. The quantitative estimate of drug-likeness (QED) is 0.112. The highest BCUT2D eigenvalue weighted by Crippen LogP contribution is 2.55. The molecule has 0 aromatic rings. The first kappa shape index (κ1) is 37.7. The van der Waals surface area contributed by atoms with Crippen molar-refractivity contribution in [3.8, 4) is 0 Å². The zero-order valence-electron chi connectivity index (χ0n) is 18.8. The maximum atomic E-state index is 13.7. The summed E-state index contributed by atoms with van der Waals surface area (Å²) in [6.07, 6.45) is -41.0. The molecule has 0 amide bonds. The summed E-state index contributed by atoms with van der Waals surface area (Å²) in [5.41, 5.74) is 0. The molecule has 23 heteroatoms. The Kier molecular flexibility index (Phi) is 11.8. The molecular formula is C16H18F16O6S. The van der Waals surface area contributed by atoms with Gasteiger partial charge in [-0.1, -0.05) is 0 Å². The van der Waals surface area contributed by atoms with Crippen molar-refractivity contribution >= 4 is 10.1 Å². The van der Waals surface area contributed by atoms with E-state index in [1.165, 1.54) is 4.74 Å². The van der Waals surface area contributed by atoms with Gasteiger partial charge in [0.05, 0.1) is 18.0 Å². The molecule has 0 radical (unpaired) electrons. The second-order valence-electron chi connectivity index (χ2n) is 7.77. The van der Waals surface area contributed by atoms with Gasteiger partial charge in [0.2, 0.25) is 0 Å². The van der Waals surface area contributed by atoms with Crippen LogP contribution in [-0.2, 0) is 24.3 Å². The second kappa shape index (κ2) is 12.3. The van der Waals surface area contributed by atoms with Gasteiger partial charge in [0, 0.05) is 6.42 Å². The van der Waals surface area contributed by atoms with E-state index in [1.807, 2.05) is 0 Å². The van der Waals surface area contributed by atoms with Crippen molar-refractivity contribution in [3.05, 3.63) is 0 Å². The molecule has 0 aliphatic carbocycles. The maximum absolute atomic E-state index is 13.7. The van der Waals surface area contributed by atoms with Gasteiger partial charge in [-0.05, 0) is 26.2 Å². The summed E-state index contributed by atoms with van der Waals surface area (Å²) >= 11 is 0. The van der Waals surface area contributed by atoms with E-state index < -0.39 is 90.1 Å². The molecular weight excluding hydrogens is 624 g/mol. The Bertz CT molecular complexity index is 890. The number of hydrogen-bond donors (Lipinski definition) is 1. The Morgan fingerprint density at radius 1 is 0.718 bits per heavy atom. The third-order valence-electron chi connectivity index (χ3n) is 4.24. The molecule has 0 fully saturated rings. The Hall–Kier alpha value is -1.33. The Labute approximate surface area is 208 Å². The maximum Gasteiger partial charge on any atom is 0.460 e. The van der Waals surface area contributed by atoms with Crippen molar-refractivity contribution in [3.63, 3.8) is 0 Å². The normalized spacial score (nSPS) is 16.9. The van der Waals surface area contributed by atoms with Gasteiger partial charge < -0.3 is 4.74 Å². The van der Waals surface area contributed by atoms with Crippen molar-refractivity contribution in [1.29, 1.82) is 0 Å². The molecule has 0 aliphatic heterocycles. The lowest BCUT2D eigenvalue weighted by atomic mass is 10.1. The highest BCUT2D eigenvalue weighted by atomic mass is 32.2. The van der Waals surface area contributed by atoms with Gasteiger partial charge in [0.15, 0.2) is 0 Å². The first-order chi connectivity index (χ1) is 16.9. The van der Waals surface area contributed by atoms with Gasteiger partial charge in [-0.2, -0.15) is 74.3 Å². The molecule has 1 N–H and O–H groups in total. The van der Waals surface area contributed by atoms with Gasteiger partial charge >= 0.3 is 42.5 Å². The lowest BCUT2D eigenvalue weighted by Gasteiger charge is -2.36. The summed E-state index contributed by atoms with van der Waals surface area (Å²) in [7, 11) is -4.47. The number of unbranched alkanes of at least 4 members (excludes halogenated alkanes) is 1. The summed E-state index contributed by atoms with van der Waals surface area (Å²) in [5, 5.41) is 0. The highest BCUT2D eigenvalue weighted by Gasteiger charge is 2.85. The molecule has 2 unspecified atom stereocenters. The van der Waals surface area contributed by atoms with E-state index in [2.05, 4.69) is 9.47 Å². The molecule has 6 nitrogen and oxygen atoms in total. The summed E-state index contributed by atoms with van der Waals surface area (Å²) in [5.74, 6) is -16.7. The number of halogens is 16. The fourth-order valence-electron chi connectivity index (χ4n) is 2.42. The van der Waals surface area contributed by atoms with Crippen molar-refractivity contribution in [2.75, 3.05) is 12.4 Å². The number of ether oxygens (including phenoxy) is 3. The fourth-order valence-corrected chi connectivity index (χ4v) is 2.99. The van der Waals surface area contributed by atoms with Crippen LogP contribution in [0.4, 0.5) is 70.2 Å². The van der Waals surface area contributed by atoms with Crippen LogP contribution >= 0.6 is 0 Å². The number of rotatable bonds is 17. The van der Waals surface area contributed by atoms with Crippen molar-refractivity contribution in [2.45, 2.75) is 87.3 Å². The second-order valence-corrected chi connectivity index (χ2v) is 9.34. The van der Waals surface area contributed by atoms with Crippen LogP contribution in [0.3, 0.4) is 0 Å². The molecule has 0 aromatic carbocycles. The Morgan fingerprint density at radius 2 is 1.18 bits per heavy atom. The first-order valence-corrected chi connectivity index (χ1v) is 11.5. The van der Waals surface area contributed by atoms with Crippen LogP contribution in [0.2, 0.25) is 0 Å². The predicted octanol–water partition coefficient (Wildman–Crippen LogP) is 6.42. The highest BCUT2D eigenvalue weighted by molar-refractivity contribution is 7.85. The van der Waals surface area contributed by atoms with Crippen LogP contribution in [0, 0.1) is 0 Å². The monoisotopic (exact) mass is 642 g/mol. The third kappa shape index (κ3) is 10.5. The third-order valence-corrected chi connectivity index (χ3v) is 5.05. The first-order valence-electron chi connectivity index (χ1n) is 9.85. The summed E-state index contributed by atoms with van der Waals surface area (Å²) < 4.78 is 246. The van der Waals surface area contributed by atoms with Crippen LogP contribution in [0.15, 0.2) is 0 Å². The van der Waals surface area contributed by atoms with Gasteiger partial charge in [-0.15, -0.1) is 0 Å². The van der Waals surface area contributed by atoms with Gasteiger partial charge in [-0.3, -0.25) is 4.55 Å². The molecule has 0 rings (SSSR count). The zero-order chi connectivity index (χ0) is 31.5. The summed E-state index contributed by atoms with van der Waals surface area (Å²) in [6.45, 7) is -1.68. The van der Waals surface area contributed by atoms with Crippen LogP contribution in [0.25, 0.3) is 0 Å². The van der Waals surface area contributed by atoms with Crippen molar-refractivity contribution in [1.82, 2.24) is 0 Å². The van der Waals surface area contributed by atoms with Crippen LogP contribution < -0.4 is 0 Å². The minimum absolute atomic E-state index is 0.294. The van der Waals surface area contributed by atoms with E-state index in [-0.39, 0.29) is 12.8 Å². The molecule has 2 atom stereocenters. The average Bonchev–Trinajstić information content (AvgIpc) is 2.65. The van der Waals surface area contributed by atoms with Crippen LogP contribution in [-0.4, -0.2) is 80.1 Å². The predicted molar refractivity (Wildman–Crippen MR) is 93.1 cm³/mol. The molecule has 0 aliphatic rings. The van der Waals surface area contributed by atoms with Crippen LogP contribution in [0.1, 0.15) is 32.6 Å². The lowest BCUT2D eigenvalue weighted by molar-refractivity contribution is -0.543. The Morgan fingerprint density at radius 3 is 1.59 bits per heavy atom. The van der Waals surface area contributed by atoms with E-state index >= 15 is 0 Å². The van der Waals surface area contributed by atoms with E-state index in [9.17, 15) is 78.7 Å². The van der Waals surface area contributed by atoms with Crippen molar-refractivity contribution < 1.29 is 97.4 Å². The average molecular weight is 642 g/mol. The minimum atomic E-state index is -7.98. The van der Waals surface area contributed by atoms with Gasteiger partial charge in [0.1, 0.15) is 6.61 Å². The molecule has 0 spiro atoms. The molecule has 0 heterocycles. The molecule has 0 saturated heterocycles. The molecule has 236 valence electrons. The smallest absolute Gasteiger partial charge is 0.369 e. The summed E-state index contributed by atoms with van der Waals surface area (Å²) in [4.78, 5) is 0. The van der Waals surface area contributed by atoms with Crippen LogP contribution in [0.5, 0.6) is 0 Å². The lowest BCUT2D eigenvalue weighted by Crippen LogP contribution is -2.64. The zero-order valence-corrected chi connectivity index (χ0v) is 19.7. The van der Waals surface area contributed by atoms with Gasteiger partial charge in [-0.25, -0.2) is 13.9 Å². The van der Waals surface area contributed by atoms with Crippen molar-refractivity contribution in [2.24, 2.45) is 0 Å². The van der Waals surface area contributed by atoms with E-state index in [0.29, 0.717) is 0 Å². The molecule has 0 bridgehead atoms. The van der Waals surface area contributed by atoms with E-state index in [4.69, 9.17) is 4.55 Å². The van der Waals surface area contributed by atoms with E-state index in [1.54, 1.807) is 0 Å². The number of alkyl halides is 16. The van der Waals surface area contributed by atoms with Gasteiger partial charge in [0.25, 0.3) is 10.1 Å². The minimum Gasteiger partial charge on any atom is -0.369 e. The fraction of sp³-hybridized carbons (Fsp3) is 1.00. The van der Waals surface area contributed by atoms with E-state index in [0.717, 1.165) is 6.92 Å². The SMILES string of the molecule is CC(F)CC(CCCCS(=O)(=O)O)OCC(F)(F)OC(F)(F)C(F)(F)OC(F)(F)C(F)(F)C(F)(F)C(F)(F)F. The molecule has 0 aromatic heterocycles.